The van der Waals surface area contributed by atoms with Crippen LogP contribution in [0.1, 0.15) is 35.1 Å². The Balaban J connectivity index is 1.53. The summed E-state index contributed by atoms with van der Waals surface area (Å²) in [5, 5.41) is 0. The molecule has 0 aliphatic heterocycles. The fraction of sp³-hybridized carbons (Fsp3) is 0.400. The average molecular weight is 262 g/mol. The third-order valence-electron chi connectivity index (χ3n) is 5.44. The number of rotatable bonds is 1. The molecule has 0 saturated carbocycles. The molecule has 0 N–H and O–H groups in total. The van der Waals surface area contributed by atoms with Gasteiger partial charge in [0.05, 0.1) is 0 Å². The highest BCUT2D eigenvalue weighted by Gasteiger charge is 2.28. The van der Waals surface area contributed by atoms with E-state index in [1.54, 1.807) is 22.3 Å². The first-order chi connectivity index (χ1) is 9.90. The fourth-order valence-electron chi connectivity index (χ4n) is 4.26. The van der Waals surface area contributed by atoms with Crippen LogP contribution in [0.4, 0.5) is 0 Å². The lowest BCUT2D eigenvalue weighted by Crippen LogP contribution is -2.27. The Hall–Kier alpha value is -1.56. The maximum Gasteiger partial charge on any atom is -0.0245 e. The van der Waals surface area contributed by atoms with Crippen LogP contribution >= 0.6 is 0 Å². The van der Waals surface area contributed by atoms with Crippen molar-refractivity contribution >= 4 is 0 Å². The lowest BCUT2D eigenvalue weighted by atomic mass is 9.70. The van der Waals surface area contributed by atoms with Crippen LogP contribution in [0.5, 0.6) is 0 Å². The smallest absolute Gasteiger partial charge is 0.0245 e. The molecule has 2 atom stereocenters. The molecule has 2 unspecified atom stereocenters. The highest BCUT2D eigenvalue weighted by molar-refractivity contribution is 5.32. The summed E-state index contributed by atoms with van der Waals surface area (Å²) < 4.78 is 0. The van der Waals surface area contributed by atoms with Crippen molar-refractivity contribution in [3.63, 3.8) is 0 Å². The van der Waals surface area contributed by atoms with Gasteiger partial charge in [0.1, 0.15) is 0 Å². The molecule has 0 bridgehead atoms. The summed E-state index contributed by atoms with van der Waals surface area (Å²) in [6, 6.07) is 18.1. The summed E-state index contributed by atoms with van der Waals surface area (Å²) in [7, 11) is 0. The average Bonchev–Trinajstić information content (AvgIpc) is 2.54. The number of fused-ring (bicyclic) bond motifs is 2. The van der Waals surface area contributed by atoms with Crippen LogP contribution in [0.3, 0.4) is 0 Å². The van der Waals surface area contributed by atoms with E-state index in [1.807, 2.05) is 0 Å². The Morgan fingerprint density at radius 3 is 1.40 bits per heavy atom. The molecule has 0 fully saturated rings. The maximum atomic E-state index is 2.35. The summed E-state index contributed by atoms with van der Waals surface area (Å²) in [6.07, 6.45) is 7.98. The monoisotopic (exact) mass is 262 g/mol. The van der Waals surface area contributed by atoms with E-state index in [-0.39, 0.29) is 0 Å². The maximum absolute atomic E-state index is 2.35. The van der Waals surface area contributed by atoms with Crippen LogP contribution in [0.15, 0.2) is 48.5 Å². The van der Waals surface area contributed by atoms with Crippen molar-refractivity contribution in [3.05, 3.63) is 70.8 Å². The molecule has 102 valence electrons. The zero-order chi connectivity index (χ0) is 13.4. The largest absolute Gasteiger partial charge is 0.0620 e. The van der Waals surface area contributed by atoms with Gasteiger partial charge in [-0.2, -0.15) is 0 Å². The first-order valence-electron chi connectivity index (χ1n) is 8.04. The normalized spacial score (nSPS) is 24.8. The van der Waals surface area contributed by atoms with Gasteiger partial charge in [0.2, 0.25) is 0 Å². The molecule has 0 aromatic heterocycles. The number of benzene rings is 2. The van der Waals surface area contributed by atoms with E-state index in [1.165, 1.54) is 38.5 Å². The van der Waals surface area contributed by atoms with Crippen molar-refractivity contribution in [2.24, 2.45) is 11.8 Å². The highest BCUT2D eigenvalue weighted by atomic mass is 14.3. The minimum Gasteiger partial charge on any atom is -0.0620 e. The van der Waals surface area contributed by atoms with Crippen LogP contribution < -0.4 is 0 Å². The first-order valence-corrected chi connectivity index (χ1v) is 8.04. The second kappa shape index (κ2) is 5.09. The van der Waals surface area contributed by atoms with Crippen LogP contribution in [0.2, 0.25) is 0 Å². The third kappa shape index (κ3) is 2.18. The topological polar surface area (TPSA) is 0 Å². The zero-order valence-electron chi connectivity index (χ0n) is 12.0. The molecule has 0 radical (unpaired) electrons. The summed E-state index contributed by atoms with van der Waals surface area (Å²) in [5.74, 6) is 1.80. The van der Waals surface area contributed by atoms with Crippen molar-refractivity contribution in [1.29, 1.82) is 0 Å². The quantitative estimate of drug-likeness (QED) is 0.704. The molecule has 20 heavy (non-hydrogen) atoms. The van der Waals surface area contributed by atoms with Crippen LogP contribution in [0, 0.1) is 11.8 Å². The van der Waals surface area contributed by atoms with E-state index < -0.39 is 0 Å². The molecule has 2 aromatic rings. The van der Waals surface area contributed by atoms with Gasteiger partial charge in [0, 0.05) is 0 Å². The molecule has 2 aliphatic rings. The number of hydrogen-bond acceptors (Lipinski definition) is 0. The Labute approximate surface area is 121 Å². The Kier molecular flexibility index (Phi) is 3.10. The molecular formula is C20H22. The van der Waals surface area contributed by atoms with Crippen molar-refractivity contribution in [1.82, 2.24) is 0 Å². The molecule has 2 aliphatic carbocycles. The molecule has 0 saturated heterocycles. The van der Waals surface area contributed by atoms with Crippen LogP contribution in [0.25, 0.3) is 0 Å². The van der Waals surface area contributed by atoms with Crippen LogP contribution in [-0.2, 0) is 25.7 Å². The predicted molar refractivity (Wildman–Crippen MR) is 83.9 cm³/mol. The molecule has 0 heterocycles. The van der Waals surface area contributed by atoms with E-state index in [2.05, 4.69) is 48.5 Å². The van der Waals surface area contributed by atoms with E-state index in [9.17, 15) is 0 Å². The van der Waals surface area contributed by atoms with Gasteiger partial charge in [-0.3, -0.25) is 0 Å². The summed E-state index contributed by atoms with van der Waals surface area (Å²) in [4.78, 5) is 0. The Bertz CT molecular complexity index is 555. The second-order valence-electron chi connectivity index (χ2n) is 6.54. The lowest BCUT2D eigenvalue weighted by Gasteiger charge is -2.34. The van der Waals surface area contributed by atoms with Gasteiger partial charge in [-0.05, 0) is 72.6 Å². The Morgan fingerprint density at radius 1 is 0.550 bits per heavy atom. The van der Waals surface area contributed by atoms with Gasteiger partial charge in [-0.25, -0.2) is 0 Å². The lowest BCUT2D eigenvalue weighted by molar-refractivity contribution is 0.271. The van der Waals surface area contributed by atoms with E-state index in [0.29, 0.717) is 0 Å². The summed E-state index contributed by atoms with van der Waals surface area (Å²) in [5.41, 5.74) is 6.42. The predicted octanol–water partition coefficient (Wildman–Crippen LogP) is 4.60. The van der Waals surface area contributed by atoms with Gasteiger partial charge in [-0.1, -0.05) is 48.5 Å². The van der Waals surface area contributed by atoms with Gasteiger partial charge in [0.15, 0.2) is 0 Å². The standard InChI is InChI=1S/C20H22/c1-3-7-17-13-19(11-9-15(17)5-1)20-12-10-16-6-2-4-8-18(16)14-20/h1-8,19-20H,9-14H2. The minimum absolute atomic E-state index is 0.901. The Morgan fingerprint density at radius 2 is 0.950 bits per heavy atom. The second-order valence-corrected chi connectivity index (χ2v) is 6.54. The van der Waals surface area contributed by atoms with Crippen molar-refractivity contribution in [2.45, 2.75) is 38.5 Å². The van der Waals surface area contributed by atoms with Gasteiger partial charge < -0.3 is 0 Å². The van der Waals surface area contributed by atoms with Gasteiger partial charge in [-0.15, -0.1) is 0 Å². The molecule has 0 amide bonds. The van der Waals surface area contributed by atoms with E-state index >= 15 is 0 Å². The zero-order valence-corrected chi connectivity index (χ0v) is 12.0. The summed E-state index contributed by atoms with van der Waals surface area (Å²) in [6.45, 7) is 0. The highest BCUT2D eigenvalue weighted by Crippen LogP contribution is 2.37. The fourth-order valence-corrected chi connectivity index (χ4v) is 4.26. The van der Waals surface area contributed by atoms with Crippen molar-refractivity contribution in [2.75, 3.05) is 0 Å². The van der Waals surface area contributed by atoms with E-state index in [0.717, 1.165) is 11.8 Å². The van der Waals surface area contributed by atoms with Crippen molar-refractivity contribution < 1.29 is 0 Å². The molecule has 4 rings (SSSR count). The minimum atomic E-state index is 0.901. The van der Waals surface area contributed by atoms with Gasteiger partial charge >= 0.3 is 0 Å². The molecule has 0 spiro atoms. The SMILES string of the molecule is c1ccc2c(c1)CCC(C1CCc3ccccc3C1)C2. The summed E-state index contributed by atoms with van der Waals surface area (Å²) >= 11 is 0. The van der Waals surface area contributed by atoms with E-state index in [4.69, 9.17) is 0 Å². The third-order valence-corrected chi connectivity index (χ3v) is 5.44. The molecular weight excluding hydrogens is 240 g/mol. The van der Waals surface area contributed by atoms with Gasteiger partial charge in [0.25, 0.3) is 0 Å². The number of hydrogen-bond donors (Lipinski definition) is 0. The van der Waals surface area contributed by atoms with Crippen LogP contribution in [-0.4, -0.2) is 0 Å². The molecule has 0 heteroatoms. The molecule has 0 nitrogen and oxygen atoms in total. The van der Waals surface area contributed by atoms with Crippen molar-refractivity contribution in [3.8, 4) is 0 Å². The number of aryl methyl sites for hydroxylation is 2. The first kappa shape index (κ1) is 12.2. The molecule has 2 aromatic carbocycles.